The number of rotatable bonds is 6. The first-order valence-corrected chi connectivity index (χ1v) is 12.0. The molecule has 1 saturated carbocycles. The van der Waals surface area contributed by atoms with E-state index in [-0.39, 0.29) is 30.3 Å². The van der Waals surface area contributed by atoms with Crippen LogP contribution in [-0.2, 0) is 25.8 Å². The minimum atomic E-state index is -0.716. The largest absolute Gasteiger partial charge is 0.511 e. The van der Waals surface area contributed by atoms with Crippen molar-refractivity contribution in [3.05, 3.63) is 47.2 Å². The van der Waals surface area contributed by atoms with E-state index < -0.39 is 11.8 Å². The summed E-state index contributed by atoms with van der Waals surface area (Å²) in [6.45, 7) is 0.147. The lowest BCUT2D eigenvalue weighted by Gasteiger charge is -2.20. The van der Waals surface area contributed by atoms with Crippen LogP contribution >= 0.6 is 0 Å². The average molecular weight is 442 g/mol. The smallest absolute Gasteiger partial charge is 0.345 e. The second-order valence-corrected chi connectivity index (χ2v) is 8.77. The summed E-state index contributed by atoms with van der Waals surface area (Å²) in [5.41, 5.74) is 1.92. The van der Waals surface area contributed by atoms with Gasteiger partial charge in [-0.2, -0.15) is 0 Å². The summed E-state index contributed by atoms with van der Waals surface area (Å²) in [4.78, 5) is 29.4. The van der Waals surface area contributed by atoms with Crippen molar-refractivity contribution in [3.8, 4) is 0 Å². The van der Waals surface area contributed by atoms with Crippen LogP contribution in [0.5, 0.6) is 0 Å². The van der Waals surface area contributed by atoms with Crippen molar-refractivity contribution in [2.75, 3.05) is 6.61 Å². The van der Waals surface area contributed by atoms with Gasteiger partial charge in [-0.3, -0.25) is 4.79 Å². The van der Waals surface area contributed by atoms with Gasteiger partial charge >= 0.3 is 5.97 Å². The molecule has 2 fully saturated rings. The molecule has 32 heavy (non-hydrogen) atoms. The van der Waals surface area contributed by atoms with Crippen LogP contribution in [0.1, 0.15) is 82.6 Å². The third-order valence-electron chi connectivity index (χ3n) is 6.30. The molecule has 0 aromatic heterocycles. The monoisotopic (exact) mass is 441 g/mol. The number of esters is 1. The fourth-order valence-corrected chi connectivity index (χ4v) is 4.43. The molecule has 3 rings (SSSR count). The maximum absolute atomic E-state index is 11.9. The number of oxime groups is 1. The number of carbonyl (C=O) groups excluding carboxylic acids is 2. The third kappa shape index (κ3) is 7.50. The predicted octanol–water partition coefficient (Wildman–Crippen LogP) is 5.81. The maximum Gasteiger partial charge on any atom is 0.345 e. The normalized spacial score (nSPS) is 23.9. The summed E-state index contributed by atoms with van der Waals surface area (Å²) in [7, 11) is 0. The zero-order valence-electron chi connectivity index (χ0n) is 18.9. The van der Waals surface area contributed by atoms with Gasteiger partial charge in [-0.15, -0.1) is 0 Å². The Balaban J connectivity index is 1.70. The zero-order valence-corrected chi connectivity index (χ0v) is 18.9. The van der Waals surface area contributed by atoms with Crippen molar-refractivity contribution >= 4 is 17.5 Å². The van der Waals surface area contributed by atoms with Gasteiger partial charge in [0, 0.05) is 12.3 Å². The summed E-state index contributed by atoms with van der Waals surface area (Å²) in [5.74, 6) is -1.16. The Labute approximate surface area is 190 Å². The number of benzene rings is 1. The number of aliphatic hydroxyl groups excluding tert-OH is 1. The van der Waals surface area contributed by atoms with Gasteiger partial charge in [-0.1, -0.05) is 80.4 Å². The molecule has 1 aliphatic heterocycles. The van der Waals surface area contributed by atoms with Crippen molar-refractivity contribution in [3.63, 3.8) is 0 Å². The van der Waals surface area contributed by atoms with Crippen LogP contribution in [0, 0.1) is 5.92 Å². The fourth-order valence-electron chi connectivity index (χ4n) is 4.43. The molecule has 1 heterocycles. The number of hydrogen-bond donors (Lipinski definition) is 1. The van der Waals surface area contributed by atoms with Gasteiger partial charge in [0.15, 0.2) is 6.61 Å². The number of Topliss-reactive ketones (excluding diaryl/α,β-unsaturated/α-hetero) is 1. The predicted molar refractivity (Wildman–Crippen MR) is 123 cm³/mol. The van der Waals surface area contributed by atoms with E-state index in [0.717, 1.165) is 37.0 Å². The number of ketones is 1. The van der Waals surface area contributed by atoms with E-state index in [1.54, 1.807) is 0 Å². The summed E-state index contributed by atoms with van der Waals surface area (Å²) in [6.07, 6.45) is 12.4. The Morgan fingerprint density at radius 1 is 1.00 bits per heavy atom. The van der Waals surface area contributed by atoms with E-state index in [4.69, 9.17) is 9.57 Å². The number of allylic oxidation sites excluding steroid dienone is 1. The first-order valence-electron chi connectivity index (χ1n) is 12.0. The van der Waals surface area contributed by atoms with Crippen LogP contribution in [0.2, 0.25) is 0 Å². The van der Waals surface area contributed by atoms with E-state index in [9.17, 15) is 14.7 Å². The molecule has 0 bridgehead atoms. The van der Waals surface area contributed by atoms with Crippen molar-refractivity contribution in [1.82, 2.24) is 0 Å². The van der Waals surface area contributed by atoms with Crippen LogP contribution in [0.4, 0.5) is 0 Å². The number of nitrogens with zero attached hydrogens (tertiary/aromatic N) is 1. The lowest BCUT2D eigenvalue weighted by Crippen LogP contribution is -2.17. The number of ether oxygens (including phenoxy) is 1. The van der Waals surface area contributed by atoms with Crippen molar-refractivity contribution in [2.24, 2.45) is 11.1 Å². The molecule has 0 amide bonds. The molecule has 0 spiro atoms. The minimum Gasteiger partial charge on any atom is -0.511 e. The molecule has 1 aromatic carbocycles. The molecule has 0 radical (unpaired) electrons. The molecule has 1 saturated heterocycles. The molecule has 2 aliphatic rings. The Morgan fingerprint density at radius 2 is 1.69 bits per heavy atom. The van der Waals surface area contributed by atoms with Crippen molar-refractivity contribution < 1.29 is 24.3 Å². The van der Waals surface area contributed by atoms with Crippen LogP contribution in [0.15, 0.2) is 46.8 Å². The van der Waals surface area contributed by atoms with Gasteiger partial charge < -0.3 is 14.7 Å². The highest BCUT2D eigenvalue weighted by atomic mass is 16.6. The molecule has 174 valence electrons. The summed E-state index contributed by atoms with van der Waals surface area (Å²) in [5, 5.41) is 15.0. The first kappa shape index (κ1) is 24.0. The topological polar surface area (TPSA) is 85.2 Å². The molecule has 6 heteroatoms. The summed E-state index contributed by atoms with van der Waals surface area (Å²) < 4.78 is 4.75. The highest BCUT2D eigenvalue weighted by Gasteiger charge is 2.32. The minimum absolute atomic E-state index is 0.153. The number of cyclic esters (lactones) is 1. The maximum atomic E-state index is 11.9. The van der Waals surface area contributed by atoms with Gasteiger partial charge in [-0.05, 0) is 31.2 Å². The quantitative estimate of drug-likeness (QED) is 0.198. The highest BCUT2D eigenvalue weighted by molar-refractivity contribution is 6.22. The van der Waals surface area contributed by atoms with Crippen LogP contribution in [0.3, 0.4) is 0 Å². The number of hydrogen-bond acceptors (Lipinski definition) is 6. The van der Waals surface area contributed by atoms with Crippen LogP contribution in [0.25, 0.3) is 0 Å². The standard InChI is InChI=1S/C26H35NO5/c28-23(25-24(29)19-31-26(25)30)17-16-21-14-10-5-3-1-2-4-6-11-15-22(21)27-32-18-20-12-8-7-9-13-20/h7-9,12-13,21,28H,1-6,10-11,14-19H2/b25-23+,27-22?. The second-order valence-electron chi connectivity index (χ2n) is 8.77. The number of aliphatic hydroxyl groups is 1. The van der Waals surface area contributed by atoms with Crippen LogP contribution < -0.4 is 0 Å². The molecule has 1 aliphatic carbocycles. The van der Waals surface area contributed by atoms with Gasteiger partial charge in [0.05, 0.1) is 5.71 Å². The molecular formula is C26H35NO5. The average Bonchev–Trinajstić information content (AvgIpc) is 3.13. The Bertz CT molecular complexity index is 797. The molecule has 1 N–H and O–H groups in total. The van der Waals surface area contributed by atoms with Gasteiger partial charge in [0.25, 0.3) is 0 Å². The van der Waals surface area contributed by atoms with Gasteiger partial charge in [0.2, 0.25) is 5.78 Å². The SMILES string of the molecule is O=C1COC(=O)/C1=C(/O)CCC1CCCCCCCCCCC1=NOCc1ccccc1. The molecule has 6 nitrogen and oxygen atoms in total. The van der Waals surface area contributed by atoms with Crippen molar-refractivity contribution in [2.45, 2.75) is 83.7 Å². The van der Waals surface area contributed by atoms with E-state index in [1.807, 2.05) is 30.3 Å². The lowest BCUT2D eigenvalue weighted by molar-refractivity contribution is -0.135. The van der Waals surface area contributed by atoms with Gasteiger partial charge in [-0.25, -0.2) is 4.79 Å². The van der Waals surface area contributed by atoms with E-state index in [2.05, 4.69) is 5.16 Å². The molecule has 1 aromatic rings. The van der Waals surface area contributed by atoms with E-state index in [0.29, 0.717) is 13.0 Å². The Hall–Kier alpha value is -2.63. The summed E-state index contributed by atoms with van der Waals surface area (Å²) >= 11 is 0. The van der Waals surface area contributed by atoms with Crippen LogP contribution in [-0.4, -0.2) is 29.2 Å². The lowest BCUT2D eigenvalue weighted by atomic mass is 9.87. The molecular weight excluding hydrogens is 406 g/mol. The molecule has 1 unspecified atom stereocenters. The van der Waals surface area contributed by atoms with Crippen molar-refractivity contribution in [1.29, 1.82) is 0 Å². The van der Waals surface area contributed by atoms with E-state index in [1.165, 1.54) is 38.5 Å². The number of carbonyl (C=O) groups is 2. The Kier molecular flexibility index (Phi) is 9.79. The third-order valence-corrected chi connectivity index (χ3v) is 6.30. The van der Waals surface area contributed by atoms with Gasteiger partial charge in [0.1, 0.15) is 17.9 Å². The molecule has 1 atom stereocenters. The highest BCUT2D eigenvalue weighted by Crippen LogP contribution is 2.26. The summed E-state index contributed by atoms with van der Waals surface area (Å²) in [6, 6.07) is 9.97. The van der Waals surface area contributed by atoms with E-state index >= 15 is 0 Å². The second kappa shape index (κ2) is 13.0. The Morgan fingerprint density at radius 3 is 2.38 bits per heavy atom. The zero-order chi connectivity index (χ0) is 22.6. The first-order chi connectivity index (χ1) is 15.6. The fraction of sp³-hybridized carbons (Fsp3) is 0.577.